The van der Waals surface area contributed by atoms with Crippen molar-refractivity contribution in [1.29, 1.82) is 0 Å². The van der Waals surface area contributed by atoms with Gasteiger partial charge in [-0.15, -0.1) is 5.10 Å². The summed E-state index contributed by atoms with van der Waals surface area (Å²) in [5, 5.41) is 5.90. The third-order valence-corrected chi connectivity index (χ3v) is 4.86. The number of para-hydroxylation sites is 1. The van der Waals surface area contributed by atoms with Crippen LogP contribution in [0.5, 0.6) is 0 Å². The van der Waals surface area contributed by atoms with Gasteiger partial charge in [-0.05, 0) is 12.1 Å². The van der Waals surface area contributed by atoms with Gasteiger partial charge in [0.15, 0.2) is 5.82 Å². The van der Waals surface area contributed by atoms with Gasteiger partial charge in [-0.25, -0.2) is 4.98 Å². The maximum absolute atomic E-state index is 12.8. The van der Waals surface area contributed by atoms with Crippen molar-refractivity contribution in [3.63, 3.8) is 0 Å². The first-order chi connectivity index (χ1) is 11.8. The summed E-state index contributed by atoms with van der Waals surface area (Å²) in [5.74, 6) is 0.545. The molecule has 3 heterocycles. The first-order valence-electron chi connectivity index (χ1n) is 7.44. The molecule has 5 aromatic rings. The topological polar surface area (TPSA) is 60.2 Å². The molecule has 0 saturated carbocycles. The van der Waals surface area contributed by atoms with Crippen molar-refractivity contribution in [3.8, 4) is 11.4 Å². The van der Waals surface area contributed by atoms with Crippen molar-refractivity contribution >= 4 is 37.4 Å². The van der Waals surface area contributed by atoms with E-state index in [-0.39, 0.29) is 5.56 Å². The van der Waals surface area contributed by atoms with Crippen LogP contribution in [0.1, 0.15) is 0 Å². The van der Waals surface area contributed by atoms with E-state index in [1.807, 2.05) is 60.7 Å². The Balaban J connectivity index is 1.86. The monoisotopic (exact) mass is 330 g/mol. The van der Waals surface area contributed by atoms with Crippen molar-refractivity contribution in [2.45, 2.75) is 0 Å². The Morgan fingerprint density at radius 2 is 1.71 bits per heavy atom. The Labute approximate surface area is 139 Å². The van der Waals surface area contributed by atoms with E-state index in [1.165, 1.54) is 15.9 Å². The van der Waals surface area contributed by atoms with Gasteiger partial charge in [-0.3, -0.25) is 4.79 Å². The van der Waals surface area contributed by atoms with Gasteiger partial charge in [0, 0.05) is 10.9 Å². The zero-order valence-corrected chi connectivity index (χ0v) is 13.2. The maximum atomic E-state index is 12.8. The average Bonchev–Trinajstić information content (AvgIpc) is 3.06. The first-order valence-corrected chi connectivity index (χ1v) is 8.26. The largest absolute Gasteiger partial charge is 0.283 e. The molecule has 0 aliphatic heterocycles. The number of hydrogen-bond acceptors (Lipinski definition) is 5. The van der Waals surface area contributed by atoms with Crippen LogP contribution in [0.25, 0.3) is 37.5 Å². The lowest BCUT2D eigenvalue weighted by molar-refractivity contribution is 0.943. The molecule has 3 aromatic heterocycles. The van der Waals surface area contributed by atoms with Crippen LogP contribution in [0, 0.1) is 0 Å². The Kier molecular flexibility index (Phi) is 2.74. The van der Waals surface area contributed by atoms with Crippen LogP contribution in [0.15, 0.2) is 65.5 Å². The number of fused-ring (bicyclic) bond motifs is 3. The summed E-state index contributed by atoms with van der Waals surface area (Å²) in [6.45, 7) is 0. The number of hydrogen-bond donors (Lipinski definition) is 0. The molecule has 0 saturated heterocycles. The minimum Gasteiger partial charge on any atom is -0.267 e. The van der Waals surface area contributed by atoms with Gasteiger partial charge in [-0.2, -0.15) is 9.50 Å². The molecule has 24 heavy (non-hydrogen) atoms. The second-order valence-electron chi connectivity index (χ2n) is 5.44. The summed E-state index contributed by atoms with van der Waals surface area (Å²) in [6, 6.07) is 19.3. The van der Waals surface area contributed by atoms with Crippen molar-refractivity contribution in [2.24, 2.45) is 0 Å². The van der Waals surface area contributed by atoms with E-state index < -0.39 is 0 Å². The molecule has 0 aliphatic carbocycles. The third-order valence-electron chi connectivity index (χ3n) is 3.91. The second-order valence-corrected chi connectivity index (χ2v) is 6.39. The van der Waals surface area contributed by atoms with Crippen LogP contribution in [0.2, 0.25) is 0 Å². The second kappa shape index (κ2) is 4.94. The van der Waals surface area contributed by atoms with Crippen LogP contribution in [-0.4, -0.2) is 19.6 Å². The molecule has 5 rings (SSSR count). The summed E-state index contributed by atoms with van der Waals surface area (Å²) < 4.78 is 1.37. The van der Waals surface area contributed by atoms with E-state index in [4.69, 9.17) is 0 Å². The highest BCUT2D eigenvalue weighted by atomic mass is 32.1. The van der Waals surface area contributed by atoms with Gasteiger partial charge in [0.05, 0.1) is 10.9 Å². The van der Waals surface area contributed by atoms with Gasteiger partial charge in [0.25, 0.3) is 5.56 Å². The molecule has 114 valence electrons. The standard InChI is InChI=1S/C18H10N4OS/c23-17-13-10-12-8-4-5-9-14(12)19-16(13)24-18-20-15(21-22(17)18)11-6-2-1-3-7-11/h1-10H. The highest BCUT2D eigenvalue weighted by Gasteiger charge is 2.13. The SMILES string of the molecule is O=c1c2cc3ccccc3nc2sc2nc(-c3ccccc3)nn12. The van der Waals surface area contributed by atoms with Crippen LogP contribution < -0.4 is 5.56 Å². The molecule has 0 aliphatic rings. The highest BCUT2D eigenvalue weighted by molar-refractivity contribution is 7.22. The highest BCUT2D eigenvalue weighted by Crippen LogP contribution is 2.23. The lowest BCUT2D eigenvalue weighted by Crippen LogP contribution is -2.13. The summed E-state index contributed by atoms with van der Waals surface area (Å²) in [4.78, 5) is 23.1. The van der Waals surface area contributed by atoms with E-state index in [0.717, 1.165) is 16.5 Å². The fourth-order valence-electron chi connectivity index (χ4n) is 2.74. The van der Waals surface area contributed by atoms with Crippen molar-refractivity contribution in [3.05, 3.63) is 71.0 Å². The number of rotatable bonds is 1. The van der Waals surface area contributed by atoms with Gasteiger partial charge in [0.2, 0.25) is 4.96 Å². The minimum absolute atomic E-state index is 0.188. The van der Waals surface area contributed by atoms with Gasteiger partial charge in [-0.1, -0.05) is 59.9 Å². The number of nitrogens with zero attached hydrogens (tertiary/aromatic N) is 4. The Morgan fingerprint density at radius 3 is 2.58 bits per heavy atom. The minimum atomic E-state index is -0.188. The number of aromatic nitrogens is 4. The van der Waals surface area contributed by atoms with E-state index in [9.17, 15) is 4.79 Å². The molecule has 6 heteroatoms. The maximum Gasteiger partial charge on any atom is 0.283 e. The van der Waals surface area contributed by atoms with E-state index >= 15 is 0 Å². The zero-order valence-electron chi connectivity index (χ0n) is 12.4. The molecule has 5 nitrogen and oxygen atoms in total. The van der Waals surface area contributed by atoms with Crippen LogP contribution >= 0.6 is 11.3 Å². The van der Waals surface area contributed by atoms with Crippen LogP contribution in [-0.2, 0) is 0 Å². The molecule has 0 amide bonds. The van der Waals surface area contributed by atoms with E-state index in [0.29, 0.717) is 21.0 Å². The van der Waals surface area contributed by atoms with Gasteiger partial charge < -0.3 is 0 Å². The summed E-state index contributed by atoms with van der Waals surface area (Å²) in [7, 11) is 0. The Morgan fingerprint density at radius 1 is 0.917 bits per heavy atom. The fraction of sp³-hybridized carbons (Fsp3) is 0. The predicted octanol–water partition coefficient (Wildman–Crippen LogP) is 3.52. The molecule has 2 aromatic carbocycles. The van der Waals surface area contributed by atoms with E-state index in [2.05, 4.69) is 15.1 Å². The van der Waals surface area contributed by atoms with Gasteiger partial charge in [0.1, 0.15) is 4.83 Å². The molecule has 0 unspecified atom stereocenters. The first kappa shape index (κ1) is 13.3. The predicted molar refractivity (Wildman–Crippen MR) is 95.4 cm³/mol. The van der Waals surface area contributed by atoms with Crippen LogP contribution in [0.4, 0.5) is 0 Å². The molecule has 0 N–H and O–H groups in total. The average molecular weight is 330 g/mol. The molecular formula is C18H10N4OS. The smallest absolute Gasteiger partial charge is 0.267 e. The van der Waals surface area contributed by atoms with Crippen molar-refractivity contribution in [1.82, 2.24) is 19.6 Å². The Bertz CT molecular complexity index is 1270. The van der Waals surface area contributed by atoms with Crippen molar-refractivity contribution in [2.75, 3.05) is 0 Å². The third kappa shape index (κ3) is 1.93. The lowest BCUT2D eigenvalue weighted by Gasteiger charge is -2.00. The molecular weight excluding hydrogens is 320 g/mol. The molecule has 0 atom stereocenters. The van der Waals surface area contributed by atoms with Crippen molar-refractivity contribution < 1.29 is 0 Å². The van der Waals surface area contributed by atoms with Gasteiger partial charge >= 0.3 is 0 Å². The van der Waals surface area contributed by atoms with Crippen LogP contribution in [0.3, 0.4) is 0 Å². The summed E-state index contributed by atoms with van der Waals surface area (Å²) >= 11 is 1.37. The van der Waals surface area contributed by atoms with E-state index in [1.54, 1.807) is 0 Å². The summed E-state index contributed by atoms with van der Waals surface area (Å²) in [6.07, 6.45) is 0. The number of benzene rings is 2. The molecule has 0 spiro atoms. The molecule has 0 fully saturated rings. The lowest BCUT2D eigenvalue weighted by atomic mass is 10.2. The normalized spacial score (nSPS) is 11.5. The number of pyridine rings is 1. The fourth-order valence-corrected chi connectivity index (χ4v) is 3.65. The molecule has 0 radical (unpaired) electrons. The molecule has 0 bridgehead atoms. The quantitative estimate of drug-likeness (QED) is 0.441. The zero-order chi connectivity index (χ0) is 16.1. The Hall–Kier alpha value is -3.12. The summed E-state index contributed by atoms with van der Waals surface area (Å²) in [5.41, 5.74) is 1.56.